The van der Waals surface area contributed by atoms with Crippen molar-refractivity contribution < 1.29 is 9.53 Å². The fourth-order valence-electron chi connectivity index (χ4n) is 5.30. The van der Waals surface area contributed by atoms with Crippen LogP contribution in [0.1, 0.15) is 24.8 Å². The smallest absolute Gasteiger partial charge is 0.229 e. The van der Waals surface area contributed by atoms with E-state index in [1.54, 1.807) is 11.8 Å². The molecule has 4 nitrogen and oxygen atoms in total. The van der Waals surface area contributed by atoms with Crippen molar-refractivity contribution in [1.82, 2.24) is 10.2 Å². The second-order valence-corrected chi connectivity index (χ2v) is 8.96. The number of benzene rings is 1. The van der Waals surface area contributed by atoms with Crippen LogP contribution in [0.3, 0.4) is 0 Å². The van der Waals surface area contributed by atoms with Crippen molar-refractivity contribution in [1.29, 1.82) is 0 Å². The Bertz CT molecular complexity index is 626. The summed E-state index contributed by atoms with van der Waals surface area (Å²) in [6.07, 6.45) is 7.04. The van der Waals surface area contributed by atoms with E-state index >= 15 is 0 Å². The highest BCUT2D eigenvalue weighted by Crippen LogP contribution is 2.54. The third-order valence-corrected chi connectivity index (χ3v) is 7.00. The number of hydrogen-bond acceptors (Lipinski definition) is 4. The third-order valence-electron chi connectivity index (χ3n) is 6.45. The molecule has 4 rings (SSSR count). The predicted molar refractivity (Wildman–Crippen MR) is 106 cm³/mol. The van der Waals surface area contributed by atoms with Gasteiger partial charge in [0.05, 0.1) is 17.5 Å². The van der Waals surface area contributed by atoms with Crippen molar-refractivity contribution in [2.24, 2.45) is 11.8 Å². The van der Waals surface area contributed by atoms with Gasteiger partial charge in [0.2, 0.25) is 5.91 Å². The first-order valence-electron chi connectivity index (χ1n) is 9.90. The van der Waals surface area contributed by atoms with Gasteiger partial charge in [0.1, 0.15) is 0 Å². The number of thioether (sulfide) groups is 1. The van der Waals surface area contributed by atoms with Crippen LogP contribution in [0.2, 0.25) is 0 Å². The Morgan fingerprint density at radius 1 is 1.38 bits per heavy atom. The monoisotopic (exact) mass is 374 g/mol. The Labute approximate surface area is 161 Å². The normalized spacial score (nSPS) is 32.7. The van der Waals surface area contributed by atoms with Gasteiger partial charge in [-0.2, -0.15) is 11.8 Å². The van der Waals surface area contributed by atoms with Gasteiger partial charge >= 0.3 is 0 Å². The van der Waals surface area contributed by atoms with Gasteiger partial charge in [-0.15, -0.1) is 0 Å². The van der Waals surface area contributed by atoms with Crippen molar-refractivity contribution in [3.63, 3.8) is 0 Å². The van der Waals surface area contributed by atoms with Crippen molar-refractivity contribution in [2.75, 3.05) is 38.2 Å². The molecule has 0 aliphatic carbocycles. The second-order valence-electron chi connectivity index (χ2n) is 8.09. The number of carbonyl (C=O) groups is 1. The summed E-state index contributed by atoms with van der Waals surface area (Å²) in [5, 5.41) is 3.14. The maximum Gasteiger partial charge on any atom is 0.229 e. The number of aryl methyl sites for hydroxylation is 1. The van der Waals surface area contributed by atoms with Gasteiger partial charge in [0.25, 0.3) is 0 Å². The lowest BCUT2D eigenvalue weighted by molar-refractivity contribution is -0.118. The average Bonchev–Trinajstić information content (AvgIpc) is 3.29. The van der Waals surface area contributed by atoms with Crippen LogP contribution in [0.15, 0.2) is 30.3 Å². The molecule has 0 unspecified atom stereocenters. The molecular formula is C21H30N2O2S. The summed E-state index contributed by atoms with van der Waals surface area (Å²) in [5.74, 6) is 1.80. The minimum Gasteiger partial charge on any atom is -0.370 e. The first kappa shape index (κ1) is 18.3. The van der Waals surface area contributed by atoms with E-state index in [9.17, 15) is 4.79 Å². The first-order chi connectivity index (χ1) is 12.7. The van der Waals surface area contributed by atoms with Gasteiger partial charge in [-0.1, -0.05) is 30.3 Å². The number of amides is 1. The zero-order valence-corrected chi connectivity index (χ0v) is 16.5. The molecule has 26 heavy (non-hydrogen) atoms. The van der Waals surface area contributed by atoms with Gasteiger partial charge in [-0.3, -0.25) is 4.79 Å². The summed E-state index contributed by atoms with van der Waals surface area (Å²) in [6, 6.07) is 10.8. The zero-order valence-electron chi connectivity index (χ0n) is 15.7. The van der Waals surface area contributed by atoms with Gasteiger partial charge in [0.15, 0.2) is 0 Å². The second kappa shape index (κ2) is 7.91. The lowest BCUT2D eigenvalue weighted by atomic mass is 9.73. The van der Waals surface area contributed by atoms with Crippen LogP contribution < -0.4 is 5.32 Å². The van der Waals surface area contributed by atoms with E-state index in [0.717, 1.165) is 39.0 Å². The van der Waals surface area contributed by atoms with Crippen molar-refractivity contribution in [3.05, 3.63) is 35.9 Å². The standard InChI is InChI=1S/C21H30N2O2S/c1-26-14-20(24)22-12-17-18-13-23(15-21(18)10-9-19(17)25-21)11-5-8-16-6-3-2-4-7-16/h2-4,6-7,17-19H,5,8-15H2,1H3,(H,22,24)/t17-,18+,19+,21+/m0/s1. The zero-order chi connectivity index (χ0) is 18.0. The predicted octanol–water partition coefficient (Wildman–Crippen LogP) is 2.58. The molecule has 5 heteroatoms. The Morgan fingerprint density at radius 2 is 2.23 bits per heavy atom. The van der Waals surface area contributed by atoms with E-state index in [0.29, 0.717) is 23.7 Å². The fourth-order valence-corrected chi connectivity index (χ4v) is 5.66. The Morgan fingerprint density at radius 3 is 3.04 bits per heavy atom. The summed E-state index contributed by atoms with van der Waals surface area (Å²) in [6.45, 7) is 4.15. The van der Waals surface area contributed by atoms with Crippen LogP contribution in [0, 0.1) is 11.8 Å². The van der Waals surface area contributed by atoms with Crippen molar-refractivity contribution in [2.45, 2.75) is 37.4 Å². The summed E-state index contributed by atoms with van der Waals surface area (Å²) in [4.78, 5) is 14.5. The maximum atomic E-state index is 11.9. The van der Waals surface area contributed by atoms with Crippen molar-refractivity contribution in [3.8, 4) is 0 Å². The van der Waals surface area contributed by atoms with Gasteiger partial charge in [-0.05, 0) is 44.0 Å². The van der Waals surface area contributed by atoms with E-state index in [2.05, 4.69) is 40.5 Å². The molecule has 3 aliphatic rings. The molecule has 3 saturated heterocycles. The summed E-state index contributed by atoms with van der Waals surface area (Å²) >= 11 is 1.58. The summed E-state index contributed by atoms with van der Waals surface area (Å²) < 4.78 is 6.49. The van der Waals surface area contributed by atoms with Crippen LogP contribution >= 0.6 is 11.8 Å². The molecule has 0 radical (unpaired) electrons. The highest BCUT2D eigenvalue weighted by atomic mass is 32.2. The largest absolute Gasteiger partial charge is 0.370 e. The lowest BCUT2D eigenvalue weighted by Gasteiger charge is -2.29. The summed E-state index contributed by atoms with van der Waals surface area (Å²) in [5.41, 5.74) is 1.50. The fraction of sp³-hybridized carbons (Fsp3) is 0.667. The van der Waals surface area contributed by atoms with Gasteiger partial charge in [0, 0.05) is 31.5 Å². The minimum atomic E-state index is 0.0757. The quantitative estimate of drug-likeness (QED) is 0.759. The maximum absolute atomic E-state index is 11.9. The number of ether oxygens (including phenoxy) is 1. The molecule has 0 aromatic heterocycles. The molecule has 1 aromatic rings. The molecule has 1 amide bonds. The molecule has 1 aromatic carbocycles. The SMILES string of the molecule is CSCC(=O)NC[C@H]1[C@H]2CN(CCCc3ccccc3)C[C@]23CC[C@H]1O3. The topological polar surface area (TPSA) is 41.6 Å². The highest BCUT2D eigenvalue weighted by molar-refractivity contribution is 7.99. The Hall–Kier alpha value is -1.04. The van der Waals surface area contributed by atoms with E-state index in [-0.39, 0.29) is 11.5 Å². The molecular weight excluding hydrogens is 344 g/mol. The molecule has 3 heterocycles. The number of nitrogens with zero attached hydrogens (tertiary/aromatic N) is 1. The molecule has 1 N–H and O–H groups in total. The van der Waals surface area contributed by atoms with Crippen LogP contribution in [0.4, 0.5) is 0 Å². The van der Waals surface area contributed by atoms with E-state index < -0.39 is 0 Å². The van der Waals surface area contributed by atoms with E-state index in [1.807, 2.05) is 6.26 Å². The Balaban J connectivity index is 1.29. The molecule has 4 atom stereocenters. The first-order valence-corrected chi connectivity index (χ1v) is 11.3. The van der Waals surface area contributed by atoms with E-state index in [4.69, 9.17) is 4.74 Å². The number of rotatable bonds is 8. The van der Waals surface area contributed by atoms with Gasteiger partial charge < -0.3 is 15.0 Å². The molecule has 0 saturated carbocycles. The molecule has 3 aliphatic heterocycles. The minimum absolute atomic E-state index is 0.0757. The number of hydrogen-bond donors (Lipinski definition) is 1. The van der Waals surface area contributed by atoms with Crippen LogP contribution in [0.5, 0.6) is 0 Å². The van der Waals surface area contributed by atoms with Crippen LogP contribution in [-0.2, 0) is 16.0 Å². The molecule has 142 valence electrons. The third kappa shape index (κ3) is 3.67. The molecule has 1 spiro atoms. The van der Waals surface area contributed by atoms with Crippen LogP contribution in [-0.4, -0.2) is 60.7 Å². The Kier molecular flexibility index (Phi) is 5.58. The lowest BCUT2D eigenvalue weighted by Crippen LogP contribution is -2.42. The summed E-state index contributed by atoms with van der Waals surface area (Å²) in [7, 11) is 0. The number of nitrogens with one attached hydrogen (secondary N) is 1. The van der Waals surface area contributed by atoms with Crippen LogP contribution in [0.25, 0.3) is 0 Å². The van der Waals surface area contributed by atoms with Crippen molar-refractivity contribution >= 4 is 17.7 Å². The molecule has 3 fully saturated rings. The van der Waals surface area contributed by atoms with Gasteiger partial charge in [-0.25, -0.2) is 0 Å². The number of likely N-dealkylation sites (tertiary alicyclic amines) is 1. The highest BCUT2D eigenvalue weighted by Gasteiger charge is 2.62. The number of carbonyl (C=O) groups excluding carboxylic acids is 1. The number of fused-ring (bicyclic) bond motifs is 1. The van der Waals surface area contributed by atoms with E-state index in [1.165, 1.54) is 18.4 Å². The average molecular weight is 375 g/mol. The molecule has 2 bridgehead atoms.